The van der Waals surface area contributed by atoms with Crippen molar-refractivity contribution in [2.24, 2.45) is 11.3 Å². The molecular weight excluding hydrogens is 262 g/mol. The Morgan fingerprint density at radius 2 is 2.14 bits per heavy atom. The highest BCUT2D eigenvalue weighted by molar-refractivity contribution is 5.17. The Morgan fingerprint density at radius 1 is 1.38 bits per heavy atom. The summed E-state index contributed by atoms with van der Waals surface area (Å²) in [4.78, 5) is 8.91. The molecule has 0 radical (unpaired) electrons. The molecule has 1 heterocycles. The molecule has 0 saturated heterocycles. The number of aromatic nitrogens is 2. The Labute approximate surface area is 128 Å². The quantitative estimate of drug-likeness (QED) is 0.902. The topological polar surface area (TPSA) is 47.0 Å². The Hall–Kier alpha value is -1.16. The fourth-order valence-corrected chi connectivity index (χ4v) is 3.46. The lowest BCUT2D eigenvalue weighted by molar-refractivity contribution is 0.0498. The maximum atomic E-state index is 6.06. The fourth-order valence-electron chi connectivity index (χ4n) is 3.46. The van der Waals surface area contributed by atoms with Crippen LogP contribution in [0, 0.1) is 18.3 Å². The Bertz CT molecular complexity index is 473. The molecule has 1 aliphatic rings. The van der Waals surface area contributed by atoms with Crippen molar-refractivity contribution in [1.82, 2.24) is 15.3 Å². The Morgan fingerprint density at radius 3 is 2.76 bits per heavy atom. The van der Waals surface area contributed by atoms with Crippen molar-refractivity contribution in [3.8, 4) is 6.01 Å². The van der Waals surface area contributed by atoms with Gasteiger partial charge in [0.1, 0.15) is 6.10 Å². The molecule has 4 nitrogen and oxygen atoms in total. The minimum atomic E-state index is 0.239. The van der Waals surface area contributed by atoms with Crippen molar-refractivity contribution in [2.45, 2.75) is 66.5 Å². The first-order valence-corrected chi connectivity index (χ1v) is 8.09. The third-order valence-electron chi connectivity index (χ3n) is 4.24. The van der Waals surface area contributed by atoms with Gasteiger partial charge in [-0.25, -0.2) is 9.97 Å². The molecule has 0 spiro atoms. The van der Waals surface area contributed by atoms with Gasteiger partial charge in [-0.3, -0.25) is 0 Å². The maximum Gasteiger partial charge on any atom is 0.316 e. The van der Waals surface area contributed by atoms with Gasteiger partial charge < -0.3 is 10.1 Å². The second kappa shape index (κ2) is 6.73. The van der Waals surface area contributed by atoms with Crippen molar-refractivity contribution in [3.63, 3.8) is 0 Å². The molecule has 1 aromatic heterocycles. The van der Waals surface area contributed by atoms with Gasteiger partial charge in [0.2, 0.25) is 0 Å². The van der Waals surface area contributed by atoms with Crippen molar-refractivity contribution < 1.29 is 4.74 Å². The average molecular weight is 291 g/mol. The predicted octanol–water partition coefficient (Wildman–Crippen LogP) is 3.49. The monoisotopic (exact) mass is 291 g/mol. The van der Waals surface area contributed by atoms with E-state index in [0.717, 1.165) is 37.2 Å². The van der Waals surface area contributed by atoms with Crippen LogP contribution in [-0.2, 0) is 6.54 Å². The van der Waals surface area contributed by atoms with Crippen LogP contribution in [0.4, 0.5) is 0 Å². The molecule has 0 aliphatic heterocycles. The van der Waals surface area contributed by atoms with E-state index in [4.69, 9.17) is 4.74 Å². The largest absolute Gasteiger partial charge is 0.460 e. The molecule has 1 aromatic rings. The standard InChI is InChI=1S/C17H29N3O/c1-6-18-10-14-11-19-16(20-13(14)3)21-15-7-12(2)8-17(4,5)9-15/h11-12,15,18H,6-10H2,1-5H3. The van der Waals surface area contributed by atoms with E-state index in [-0.39, 0.29) is 6.10 Å². The molecule has 21 heavy (non-hydrogen) atoms. The summed E-state index contributed by atoms with van der Waals surface area (Å²) in [7, 11) is 0. The van der Waals surface area contributed by atoms with E-state index in [1.54, 1.807) is 0 Å². The van der Waals surface area contributed by atoms with Crippen LogP contribution in [0.3, 0.4) is 0 Å². The van der Waals surface area contributed by atoms with E-state index < -0.39 is 0 Å². The summed E-state index contributed by atoms with van der Waals surface area (Å²) in [6, 6.07) is 0.530. The van der Waals surface area contributed by atoms with Gasteiger partial charge in [0.25, 0.3) is 0 Å². The van der Waals surface area contributed by atoms with Crippen LogP contribution in [0.2, 0.25) is 0 Å². The smallest absolute Gasteiger partial charge is 0.316 e. The van der Waals surface area contributed by atoms with Crippen LogP contribution in [0.5, 0.6) is 6.01 Å². The molecule has 1 N–H and O–H groups in total. The van der Waals surface area contributed by atoms with E-state index in [0.29, 0.717) is 17.3 Å². The molecular formula is C17H29N3O. The van der Waals surface area contributed by atoms with Gasteiger partial charge >= 0.3 is 6.01 Å². The number of hydrogen-bond acceptors (Lipinski definition) is 4. The molecule has 1 fully saturated rings. The number of aryl methyl sites for hydroxylation is 1. The highest BCUT2D eigenvalue weighted by atomic mass is 16.5. The fraction of sp³-hybridized carbons (Fsp3) is 0.765. The lowest BCUT2D eigenvalue weighted by Crippen LogP contribution is -2.34. The van der Waals surface area contributed by atoms with E-state index in [2.05, 4.69) is 43.0 Å². The van der Waals surface area contributed by atoms with Crippen molar-refractivity contribution in [3.05, 3.63) is 17.5 Å². The molecule has 2 atom stereocenters. The van der Waals surface area contributed by atoms with Gasteiger partial charge in [-0.2, -0.15) is 0 Å². The highest BCUT2D eigenvalue weighted by Gasteiger charge is 2.33. The van der Waals surface area contributed by atoms with E-state index in [1.165, 1.54) is 6.42 Å². The molecule has 1 aliphatic carbocycles. The van der Waals surface area contributed by atoms with Gasteiger partial charge in [0, 0.05) is 24.0 Å². The molecule has 2 rings (SSSR count). The summed E-state index contributed by atoms with van der Waals surface area (Å²) in [6.45, 7) is 12.8. The highest BCUT2D eigenvalue weighted by Crippen LogP contribution is 2.39. The first-order chi connectivity index (χ1) is 9.89. The maximum absolute atomic E-state index is 6.06. The minimum Gasteiger partial charge on any atom is -0.460 e. The van der Waals surface area contributed by atoms with Crippen molar-refractivity contribution in [2.75, 3.05) is 6.54 Å². The normalized spacial score (nSPS) is 24.8. The number of hydrogen-bond donors (Lipinski definition) is 1. The Kier molecular flexibility index (Phi) is 5.20. The first-order valence-electron chi connectivity index (χ1n) is 8.09. The minimum absolute atomic E-state index is 0.239. The second-order valence-electron chi connectivity index (χ2n) is 7.20. The van der Waals surface area contributed by atoms with E-state index in [9.17, 15) is 0 Å². The molecule has 0 bridgehead atoms. The first kappa shape index (κ1) is 16.2. The second-order valence-corrected chi connectivity index (χ2v) is 7.20. The summed E-state index contributed by atoms with van der Waals surface area (Å²) >= 11 is 0. The molecule has 118 valence electrons. The van der Waals surface area contributed by atoms with Crippen LogP contribution in [0.15, 0.2) is 6.20 Å². The van der Waals surface area contributed by atoms with Crippen LogP contribution in [0.25, 0.3) is 0 Å². The van der Waals surface area contributed by atoms with Crippen molar-refractivity contribution in [1.29, 1.82) is 0 Å². The third-order valence-corrected chi connectivity index (χ3v) is 4.24. The van der Waals surface area contributed by atoms with Gasteiger partial charge in [-0.05, 0) is 44.1 Å². The van der Waals surface area contributed by atoms with Crippen LogP contribution in [0.1, 0.15) is 58.2 Å². The van der Waals surface area contributed by atoms with E-state index in [1.807, 2.05) is 13.1 Å². The molecule has 0 aromatic carbocycles. The third kappa shape index (κ3) is 4.67. The molecule has 4 heteroatoms. The SMILES string of the molecule is CCNCc1cnc(OC2CC(C)CC(C)(C)C2)nc1C. The zero-order chi connectivity index (χ0) is 15.5. The molecule has 0 amide bonds. The van der Waals surface area contributed by atoms with Gasteiger partial charge in [0.05, 0.1) is 0 Å². The summed E-state index contributed by atoms with van der Waals surface area (Å²) in [5.74, 6) is 0.702. The average Bonchev–Trinajstić information content (AvgIpc) is 2.35. The van der Waals surface area contributed by atoms with Crippen LogP contribution >= 0.6 is 0 Å². The lowest BCUT2D eigenvalue weighted by Gasteiger charge is -2.38. The zero-order valence-corrected chi connectivity index (χ0v) is 14.1. The van der Waals surface area contributed by atoms with Gasteiger partial charge in [0.15, 0.2) is 0 Å². The summed E-state index contributed by atoms with van der Waals surface area (Å²) in [5.41, 5.74) is 2.49. The van der Waals surface area contributed by atoms with E-state index >= 15 is 0 Å². The van der Waals surface area contributed by atoms with Crippen molar-refractivity contribution >= 4 is 0 Å². The number of nitrogens with zero attached hydrogens (tertiary/aromatic N) is 2. The van der Waals surface area contributed by atoms with Crippen LogP contribution in [-0.4, -0.2) is 22.6 Å². The number of rotatable bonds is 5. The summed E-state index contributed by atoms with van der Waals surface area (Å²) in [6.07, 6.45) is 5.58. The van der Waals surface area contributed by atoms with Gasteiger partial charge in [-0.1, -0.05) is 27.7 Å². The summed E-state index contributed by atoms with van der Waals surface area (Å²) in [5, 5.41) is 3.30. The zero-order valence-electron chi connectivity index (χ0n) is 14.1. The van der Waals surface area contributed by atoms with Crippen LogP contribution < -0.4 is 10.1 Å². The Balaban J connectivity index is 2.01. The molecule has 2 unspecified atom stereocenters. The number of ether oxygens (including phenoxy) is 1. The van der Waals surface area contributed by atoms with Gasteiger partial charge in [-0.15, -0.1) is 0 Å². The molecule has 1 saturated carbocycles. The predicted molar refractivity (Wildman–Crippen MR) is 85.4 cm³/mol. The summed E-state index contributed by atoms with van der Waals surface area (Å²) < 4.78 is 6.06. The lowest BCUT2D eigenvalue weighted by atomic mass is 9.71. The number of nitrogens with one attached hydrogen (secondary N) is 1.